The maximum absolute atomic E-state index is 12.3. The van der Waals surface area contributed by atoms with E-state index in [9.17, 15) is 4.79 Å². The molecule has 5 nitrogen and oxygen atoms in total. The Morgan fingerprint density at radius 2 is 1.93 bits per heavy atom. The van der Waals surface area contributed by atoms with Crippen LogP contribution in [0.3, 0.4) is 0 Å². The number of nitrogens with one attached hydrogen (secondary N) is 1. The molecule has 0 unspecified atom stereocenters. The van der Waals surface area contributed by atoms with Gasteiger partial charge in [0.25, 0.3) is 5.91 Å². The Hall–Kier alpha value is -2.08. The molecule has 0 bridgehead atoms. The Bertz CT molecular complexity index is 883. The Morgan fingerprint density at radius 3 is 2.62 bits per heavy atom. The maximum atomic E-state index is 12.3. The lowest BCUT2D eigenvalue weighted by atomic mass is 9.92. The third-order valence-corrected chi connectivity index (χ3v) is 6.28. The first-order valence-corrected chi connectivity index (χ1v) is 11.5. The van der Waals surface area contributed by atoms with Gasteiger partial charge in [-0.05, 0) is 43.4 Å². The van der Waals surface area contributed by atoms with Gasteiger partial charge in [-0.25, -0.2) is 9.97 Å². The van der Waals surface area contributed by atoms with Gasteiger partial charge in [0.1, 0.15) is 5.82 Å². The highest BCUT2D eigenvalue weighted by molar-refractivity contribution is 7.98. The molecule has 2 aliphatic rings. The van der Waals surface area contributed by atoms with Gasteiger partial charge in [0.2, 0.25) is 0 Å². The molecular formula is C23H30N4OS. The highest BCUT2D eigenvalue weighted by Crippen LogP contribution is 2.29. The van der Waals surface area contributed by atoms with E-state index in [2.05, 4.69) is 43.1 Å². The predicted molar refractivity (Wildman–Crippen MR) is 119 cm³/mol. The van der Waals surface area contributed by atoms with Crippen LogP contribution in [0.4, 0.5) is 5.82 Å². The summed E-state index contributed by atoms with van der Waals surface area (Å²) >= 11 is 1.64. The average molecular weight is 411 g/mol. The Labute approximate surface area is 177 Å². The lowest BCUT2D eigenvalue weighted by Crippen LogP contribution is -2.25. The van der Waals surface area contributed by atoms with Crippen LogP contribution in [0, 0.1) is 0 Å². The van der Waals surface area contributed by atoms with Crippen molar-refractivity contribution in [3.63, 3.8) is 0 Å². The van der Waals surface area contributed by atoms with Crippen molar-refractivity contribution in [2.24, 2.45) is 0 Å². The molecule has 0 atom stereocenters. The number of carbonyl (C=O) groups is 1. The number of nitrogens with zero attached hydrogens (tertiary/aromatic N) is 3. The second-order valence-electron chi connectivity index (χ2n) is 9.07. The minimum Gasteiger partial charge on any atom is -0.356 e. The lowest BCUT2D eigenvalue weighted by molar-refractivity contribution is 0.0951. The Kier molecular flexibility index (Phi) is 5.81. The summed E-state index contributed by atoms with van der Waals surface area (Å²) in [5.74, 6) is 1.82. The SMILES string of the molecule is CC(C)(C)c1cc(N2CCCC2)nc(SCc2cccc(C(=O)NC3CC3)c2)n1. The minimum absolute atomic E-state index is 0.0203. The van der Waals surface area contributed by atoms with Crippen LogP contribution in [0.2, 0.25) is 0 Å². The molecule has 1 aliphatic heterocycles. The molecule has 1 saturated carbocycles. The fourth-order valence-corrected chi connectivity index (χ4v) is 4.21. The van der Waals surface area contributed by atoms with Gasteiger partial charge in [-0.3, -0.25) is 4.79 Å². The molecule has 154 valence electrons. The summed E-state index contributed by atoms with van der Waals surface area (Å²) in [4.78, 5) is 24.4. The van der Waals surface area contributed by atoms with Crippen molar-refractivity contribution in [2.45, 2.75) is 68.8 Å². The zero-order chi connectivity index (χ0) is 20.4. The molecule has 1 aromatic carbocycles. The highest BCUT2D eigenvalue weighted by Gasteiger charge is 2.24. The molecule has 1 saturated heterocycles. The number of hydrogen-bond acceptors (Lipinski definition) is 5. The standard InChI is InChI=1S/C23H30N4OS/c1-23(2,3)19-14-20(27-11-4-5-12-27)26-22(25-19)29-15-16-7-6-8-17(13-16)21(28)24-18-9-10-18/h6-8,13-14,18H,4-5,9-12,15H2,1-3H3,(H,24,28). The number of thioether (sulfide) groups is 1. The number of anilines is 1. The second kappa shape index (κ2) is 8.34. The van der Waals surface area contributed by atoms with E-state index >= 15 is 0 Å². The van der Waals surface area contributed by atoms with Crippen molar-refractivity contribution in [2.75, 3.05) is 18.0 Å². The van der Waals surface area contributed by atoms with Crippen LogP contribution in [-0.2, 0) is 11.2 Å². The fourth-order valence-electron chi connectivity index (χ4n) is 3.42. The molecule has 1 amide bonds. The van der Waals surface area contributed by atoms with E-state index in [0.717, 1.165) is 59.5 Å². The number of rotatable bonds is 6. The molecule has 2 fully saturated rings. The van der Waals surface area contributed by atoms with E-state index in [4.69, 9.17) is 9.97 Å². The van der Waals surface area contributed by atoms with E-state index in [1.165, 1.54) is 12.8 Å². The van der Waals surface area contributed by atoms with Gasteiger partial charge in [0, 0.05) is 41.9 Å². The van der Waals surface area contributed by atoms with Crippen molar-refractivity contribution < 1.29 is 4.79 Å². The average Bonchev–Trinajstić information content (AvgIpc) is 3.34. The van der Waals surface area contributed by atoms with Crippen LogP contribution in [0.1, 0.15) is 68.1 Å². The van der Waals surface area contributed by atoms with Crippen LogP contribution in [0.5, 0.6) is 0 Å². The molecule has 4 rings (SSSR count). The third kappa shape index (κ3) is 5.30. The summed E-state index contributed by atoms with van der Waals surface area (Å²) in [6.45, 7) is 8.73. The van der Waals surface area contributed by atoms with Gasteiger partial charge >= 0.3 is 0 Å². The van der Waals surface area contributed by atoms with Crippen LogP contribution in [0.25, 0.3) is 0 Å². The number of amides is 1. The molecular weight excluding hydrogens is 380 g/mol. The first-order valence-electron chi connectivity index (χ1n) is 10.6. The third-order valence-electron chi connectivity index (χ3n) is 5.36. The van der Waals surface area contributed by atoms with E-state index in [1.807, 2.05) is 18.2 Å². The summed E-state index contributed by atoms with van der Waals surface area (Å²) in [6.07, 6.45) is 4.66. The zero-order valence-electron chi connectivity index (χ0n) is 17.6. The molecule has 2 heterocycles. The number of benzene rings is 1. The lowest BCUT2D eigenvalue weighted by Gasteiger charge is -2.23. The molecule has 6 heteroatoms. The Morgan fingerprint density at radius 1 is 1.17 bits per heavy atom. The van der Waals surface area contributed by atoms with Crippen LogP contribution in [0.15, 0.2) is 35.5 Å². The van der Waals surface area contributed by atoms with Crippen LogP contribution in [-0.4, -0.2) is 35.0 Å². The van der Waals surface area contributed by atoms with Crippen LogP contribution < -0.4 is 10.2 Å². The summed E-state index contributed by atoms with van der Waals surface area (Å²) < 4.78 is 0. The number of aromatic nitrogens is 2. The van der Waals surface area contributed by atoms with Gasteiger partial charge in [0.05, 0.1) is 5.69 Å². The Balaban J connectivity index is 1.50. The predicted octanol–water partition coefficient (Wildman–Crippen LogP) is 4.56. The first-order chi connectivity index (χ1) is 13.9. The first kappa shape index (κ1) is 20.2. The monoisotopic (exact) mass is 410 g/mol. The molecule has 29 heavy (non-hydrogen) atoms. The highest BCUT2D eigenvalue weighted by atomic mass is 32.2. The van der Waals surface area contributed by atoms with E-state index in [-0.39, 0.29) is 11.3 Å². The topological polar surface area (TPSA) is 58.1 Å². The largest absolute Gasteiger partial charge is 0.356 e. The van der Waals surface area contributed by atoms with Gasteiger partial charge in [-0.15, -0.1) is 0 Å². The van der Waals surface area contributed by atoms with Gasteiger partial charge in [-0.2, -0.15) is 0 Å². The summed E-state index contributed by atoms with van der Waals surface area (Å²) in [5, 5.41) is 3.87. The molecule has 1 N–H and O–H groups in total. The van der Waals surface area contributed by atoms with E-state index < -0.39 is 0 Å². The molecule has 0 spiro atoms. The van der Waals surface area contributed by atoms with Gasteiger partial charge in [0.15, 0.2) is 5.16 Å². The molecule has 1 aromatic heterocycles. The smallest absolute Gasteiger partial charge is 0.251 e. The van der Waals surface area contributed by atoms with Crippen LogP contribution >= 0.6 is 11.8 Å². The van der Waals surface area contributed by atoms with E-state index in [0.29, 0.717) is 6.04 Å². The maximum Gasteiger partial charge on any atom is 0.251 e. The van der Waals surface area contributed by atoms with Gasteiger partial charge in [-0.1, -0.05) is 44.7 Å². The van der Waals surface area contributed by atoms with Crippen molar-refractivity contribution in [3.8, 4) is 0 Å². The fraction of sp³-hybridized carbons (Fsp3) is 0.522. The normalized spacial score (nSPS) is 16.9. The molecule has 2 aromatic rings. The van der Waals surface area contributed by atoms with E-state index in [1.54, 1.807) is 11.8 Å². The van der Waals surface area contributed by atoms with Gasteiger partial charge < -0.3 is 10.2 Å². The summed E-state index contributed by atoms with van der Waals surface area (Å²) in [5.41, 5.74) is 2.91. The molecule has 0 radical (unpaired) electrons. The summed E-state index contributed by atoms with van der Waals surface area (Å²) in [6, 6.07) is 10.4. The summed E-state index contributed by atoms with van der Waals surface area (Å²) in [7, 11) is 0. The van der Waals surface area contributed by atoms with Crippen molar-refractivity contribution >= 4 is 23.5 Å². The zero-order valence-corrected chi connectivity index (χ0v) is 18.4. The number of hydrogen-bond donors (Lipinski definition) is 1. The second-order valence-corrected chi connectivity index (χ2v) is 10.0. The van der Waals surface area contributed by atoms with Crippen molar-refractivity contribution in [1.82, 2.24) is 15.3 Å². The van der Waals surface area contributed by atoms with Crippen molar-refractivity contribution in [3.05, 3.63) is 47.2 Å². The quantitative estimate of drug-likeness (QED) is 0.559. The molecule has 1 aliphatic carbocycles. The minimum atomic E-state index is -0.0203. The number of carbonyl (C=O) groups excluding carboxylic acids is 1. The van der Waals surface area contributed by atoms with Crippen molar-refractivity contribution in [1.29, 1.82) is 0 Å².